The van der Waals surface area contributed by atoms with Gasteiger partial charge in [-0.05, 0) is 36.0 Å². The highest BCUT2D eigenvalue weighted by molar-refractivity contribution is 5.14. The monoisotopic (exact) mass is 194 g/mol. The first-order valence-electron chi connectivity index (χ1n) is 5.91. The van der Waals surface area contributed by atoms with E-state index in [0.717, 1.165) is 5.92 Å². The molecular formula is C14H26. The zero-order valence-electron chi connectivity index (χ0n) is 10.8. The molecule has 0 aromatic heterocycles. The van der Waals surface area contributed by atoms with Gasteiger partial charge in [0.2, 0.25) is 0 Å². The highest BCUT2D eigenvalue weighted by atomic mass is 14.3. The number of hydrogen-bond donors (Lipinski definition) is 0. The third-order valence-electron chi connectivity index (χ3n) is 3.60. The van der Waals surface area contributed by atoms with Crippen LogP contribution in [-0.4, -0.2) is 0 Å². The Labute approximate surface area is 89.8 Å². The average molecular weight is 194 g/mol. The van der Waals surface area contributed by atoms with E-state index in [4.69, 9.17) is 0 Å². The molecule has 0 spiro atoms. The molecule has 0 aromatic rings. The minimum Gasteiger partial charge on any atom is -0.0845 e. The van der Waals surface area contributed by atoms with Crippen LogP contribution in [0, 0.1) is 16.7 Å². The van der Waals surface area contributed by atoms with Gasteiger partial charge < -0.3 is 0 Å². The van der Waals surface area contributed by atoms with E-state index in [1.165, 1.54) is 19.3 Å². The Kier molecular flexibility index (Phi) is 3.13. The topological polar surface area (TPSA) is 0 Å². The SMILES string of the molecule is CC(C)(C)C1=CC[C@@H](C(C)(C)C)CC1. The molecule has 0 unspecified atom stereocenters. The second-order valence-electron chi connectivity index (χ2n) is 6.82. The molecule has 0 saturated heterocycles. The molecule has 1 rings (SSSR count). The lowest BCUT2D eigenvalue weighted by atomic mass is 9.69. The van der Waals surface area contributed by atoms with Gasteiger partial charge in [-0.25, -0.2) is 0 Å². The summed E-state index contributed by atoms with van der Waals surface area (Å²) in [5.74, 6) is 0.883. The highest BCUT2D eigenvalue weighted by Crippen LogP contribution is 2.41. The largest absolute Gasteiger partial charge is 0.0845 e. The first-order chi connectivity index (χ1) is 6.21. The van der Waals surface area contributed by atoms with E-state index < -0.39 is 0 Å². The van der Waals surface area contributed by atoms with Crippen LogP contribution in [0.1, 0.15) is 60.8 Å². The van der Waals surface area contributed by atoms with Crippen LogP contribution in [0.2, 0.25) is 0 Å². The van der Waals surface area contributed by atoms with Crippen LogP contribution in [0.25, 0.3) is 0 Å². The molecule has 0 saturated carbocycles. The van der Waals surface area contributed by atoms with Gasteiger partial charge in [0.15, 0.2) is 0 Å². The van der Waals surface area contributed by atoms with Crippen LogP contribution in [0.15, 0.2) is 11.6 Å². The van der Waals surface area contributed by atoms with E-state index in [1.54, 1.807) is 5.57 Å². The summed E-state index contributed by atoms with van der Waals surface area (Å²) in [5.41, 5.74) is 2.54. The molecule has 0 aromatic carbocycles. The summed E-state index contributed by atoms with van der Waals surface area (Å²) in [4.78, 5) is 0. The second kappa shape index (κ2) is 3.72. The molecule has 0 amide bonds. The van der Waals surface area contributed by atoms with Crippen molar-refractivity contribution >= 4 is 0 Å². The molecule has 82 valence electrons. The molecule has 0 fully saturated rings. The Morgan fingerprint density at radius 2 is 1.64 bits per heavy atom. The third-order valence-corrected chi connectivity index (χ3v) is 3.60. The Hall–Kier alpha value is -0.260. The zero-order chi connectivity index (χ0) is 11.0. The molecule has 0 radical (unpaired) electrons. The first kappa shape index (κ1) is 11.8. The summed E-state index contributed by atoms with van der Waals surface area (Å²) in [6, 6.07) is 0. The molecule has 0 aliphatic heterocycles. The molecular weight excluding hydrogens is 168 g/mol. The lowest BCUT2D eigenvalue weighted by molar-refractivity contribution is 0.214. The summed E-state index contributed by atoms with van der Waals surface area (Å²) in [7, 11) is 0. The van der Waals surface area contributed by atoms with Crippen molar-refractivity contribution < 1.29 is 0 Å². The zero-order valence-corrected chi connectivity index (χ0v) is 10.8. The standard InChI is InChI=1S/C14H26/c1-13(2,3)11-7-9-12(10-8-11)14(4,5)6/h7,12H,8-10H2,1-6H3/t12-/m1/s1. The van der Waals surface area contributed by atoms with Gasteiger partial charge in [-0.15, -0.1) is 0 Å². The molecule has 0 heteroatoms. The van der Waals surface area contributed by atoms with E-state index in [1.807, 2.05) is 0 Å². The van der Waals surface area contributed by atoms with Crippen molar-refractivity contribution in [3.63, 3.8) is 0 Å². The van der Waals surface area contributed by atoms with Crippen LogP contribution in [0.3, 0.4) is 0 Å². The first-order valence-corrected chi connectivity index (χ1v) is 5.91. The smallest absolute Gasteiger partial charge is 0.0173 e. The van der Waals surface area contributed by atoms with E-state index in [0.29, 0.717) is 10.8 Å². The molecule has 1 aliphatic rings. The number of allylic oxidation sites excluding steroid dienone is 2. The van der Waals surface area contributed by atoms with Gasteiger partial charge in [0.05, 0.1) is 0 Å². The predicted molar refractivity (Wildman–Crippen MR) is 64.3 cm³/mol. The van der Waals surface area contributed by atoms with Crippen LogP contribution in [-0.2, 0) is 0 Å². The maximum Gasteiger partial charge on any atom is -0.0173 e. The van der Waals surface area contributed by atoms with Crippen molar-refractivity contribution in [1.82, 2.24) is 0 Å². The van der Waals surface area contributed by atoms with Gasteiger partial charge in [0.1, 0.15) is 0 Å². The fourth-order valence-electron chi connectivity index (χ4n) is 2.30. The van der Waals surface area contributed by atoms with Gasteiger partial charge in [-0.1, -0.05) is 53.2 Å². The third kappa shape index (κ3) is 2.87. The van der Waals surface area contributed by atoms with Gasteiger partial charge >= 0.3 is 0 Å². The predicted octanol–water partition coefficient (Wildman–Crippen LogP) is 4.81. The van der Waals surface area contributed by atoms with Gasteiger partial charge in [0, 0.05) is 0 Å². The lowest BCUT2D eigenvalue weighted by Gasteiger charge is -2.36. The highest BCUT2D eigenvalue weighted by Gasteiger charge is 2.28. The normalized spacial score (nSPS) is 24.7. The molecule has 0 N–H and O–H groups in total. The van der Waals surface area contributed by atoms with E-state index >= 15 is 0 Å². The summed E-state index contributed by atoms with van der Waals surface area (Å²) in [6.07, 6.45) is 6.48. The molecule has 14 heavy (non-hydrogen) atoms. The van der Waals surface area contributed by atoms with E-state index in [-0.39, 0.29) is 0 Å². The quantitative estimate of drug-likeness (QED) is 0.486. The Morgan fingerprint density at radius 1 is 1.07 bits per heavy atom. The summed E-state index contributed by atoms with van der Waals surface area (Å²) in [5, 5.41) is 0. The maximum absolute atomic E-state index is 2.50. The Morgan fingerprint density at radius 3 is 1.93 bits per heavy atom. The second-order valence-corrected chi connectivity index (χ2v) is 6.82. The average Bonchev–Trinajstić information content (AvgIpc) is 2.01. The Bertz CT molecular complexity index is 219. The minimum absolute atomic E-state index is 0.392. The van der Waals surface area contributed by atoms with E-state index in [9.17, 15) is 0 Å². The fraction of sp³-hybridized carbons (Fsp3) is 0.857. The molecule has 0 heterocycles. The van der Waals surface area contributed by atoms with Crippen LogP contribution >= 0.6 is 0 Å². The van der Waals surface area contributed by atoms with Gasteiger partial charge in [-0.2, -0.15) is 0 Å². The lowest BCUT2D eigenvalue weighted by Crippen LogP contribution is -2.24. The molecule has 0 nitrogen and oxygen atoms in total. The summed E-state index contributed by atoms with van der Waals surface area (Å²) < 4.78 is 0. The number of rotatable bonds is 0. The molecule has 1 aliphatic carbocycles. The van der Waals surface area contributed by atoms with Crippen molar-refractivity contribution in [2.45, 2.75) is 60.8 Å². The van der Waals surface area contributed by atoms with Crippen molar-refractivity contribution in [2.75, 3.05) is 0 Å². The molecule has 1 atom stereocenters. The number of hydrogen-bond acceptors (Lipinski definition) is 0. The van der Waals surface area contributed by atoms with Crippen molar-refractivity contribution in [2.24, 2.45) is 16.7 Å². The van der Waals surface area contributed by atoms with Gasteiger partial charge in [0.25, 0.3) is 0 Å². The van der Waals surface area contributed by atoms with Crippen molar-refractivity contribution in [1.29, 1.82) is 0 Å². The maximum atomic E-state index is 2.50. The molecule has 0 bridgehead atoms. The minimum atomic E-state index is 0.392. The van der Waals surface area contributed by atoms with Crippen molar-refractivity contribution in [3.05, 3.63) is 11.6 Å². The van der Waals surface area contributed by atoms with Crippen molar-refractivity contribution in [3.8, 4) is 0 Å². The van der Waals surface area contributed by atoms with Crippen LogP contribution in [0.5, 0.6) is 0 Å². The Balaban J connectivity index is 2.65. The summed E-state index contributed by atoms with van der Waals surface area (Å²) >= 11 is 0. The summed E-state index contributed by atoms with van der Waals surface area (Å²) in [6.45, 7) is 14.1. The van der Waals surface area contributed by atoms with Gasteiger partial charge in [-0.3, -0.25) is 0 Å². The van der Waals surface area contributed by atoms with E-state index in [2.05, 4.69) is 47.6 Å². The fourth-order valence-corrected chi connectivity index (χ4v) is 2.30. The van der Waals surface area contributed by atoms with Crippen LogP contribution in [0.4, 0.5) is 0 Å². The van der Waals surface area contributed by atoms with Crippen LogP contribution < -0.4 is 0 Å².